The van der Waals surface area contributed by atoms with Crippen LogP contribution in [0.15, 0.2) is 24.3 Å². The highest BCUT2D eigenvalue weighted by molar-refractivity contribution is 5.98. The summed E-state index contributed by atoms with van der Waals surface area (Å²) in [4.78, 5) is 28.9. The van der Waals surface area contributed by atoms with Crippen LogP contribution in [0.3, 0.4) is 0 Å². The first kappa shape index (κ1) is 14.1. The Morgan fingerprint density at radius 2 is 1.67 bits per heavy atom. The molecular weight excluding hydrogens is 264 g/mol. The van der Waals surface area contributed by atoms with Gasteiger partial charge in [-0.15, -0.1) is 0 Å². The van der Waals surface area contributed by atoms with Gasteiger partial charge in [0.2, 0.25) is 5.91 Å². The molecule has 2 heterocycles. The van der Waals surface area contributed by atoms with E-state index < -0.39 is 0 Å². The Labute approximate surface area is 125 Å². The maximum atomic E-state index is 12.6. The Hall–Kier alpha value is -1.84. The average molecular weight is 286 g/mol. The quantitative estimate of drug-likeness (QED) is 0.836. The van der Waals surface area contributed by atoms with Crippen molar-refractivity contribution in [3.8, 4) is 0 Å². The van der Waals surface area contributed by atoms with E-state index in [1.807, 2.05) is 36.1 Å². The highest BCUT2D eigenvalue weighted by Crippen LogP contribution is 2.23. The number of aryl methyl sites for hydroxylation is 1. The van der Waals surface area contributed by atoms with Gasteiger partial charge < -0.3 is 9.80 Å². The topological polar surface area (TPSA) is 40.6 Å². The van der Waals surface area contributed by atoms with Gasteiger partial charge in [-0.3, -0.25) is 9.59 Å². The number of amides is 2. The van der Waals surface area contributed by atoms with Gasteiger partial charge in [0.05, 0.1) is 0 Å². The predicted octanol–water partition coefficient (Wildman–Crippen LogP) is 2.22. The summed E-state index contributed by atoms with van der Waals surface area (Å²) in [5.74, 6) is 0.135. The zero-order valence-electron chi connectivity index (χ0n) is 12.5. The van der Waals surface area contributed by atoms with Crippen molar-refractivity contribution < 1.29 is 9.59 Å². The molecule has 0 aliphatic carbocycles. The lowest BCUT2D eigenvalue weighted by molar-refractivity contribution is -0.134. The molecule has 0 spiro atoms. The van der Waals surface area contributed by atoms with Crippen LogP contribution >= 0.6 is 0 Å². The van der Waals surface area contributed by atoms with Crippen molar-refractivity contribution in [2.75, 3.05) is 19.6 Å². The molecule has 1 aromatic carbocycles. The highest BCUT2D eigenvalue weighted by atomic mass is 16.2. The summed E-state index contributed by atoms with van der Waals surface area (Å²) < 4.78 is 0. The van der Waals surface area contributed by atoms with Gasteiger partial charge in [0.1, 0.15) is 6.04 Å². The molecule has 2 fully saturated rings. The molecule has 2 saturated heterocycles. The van der Waals surface area contributed by atoms with Gasteiger partial charge in [0.25, 0.3) is 5.91 Å². The third-order valence-corrected chi connectivity index (χ3v) is 4.51. The van der Waals surface area contributed by atoms with E-state index in [1.54, 1.807) is 4.90 Å². The van der Waals surface area contributed by atoms with Crippen LogP contribution in [0, 0.1) is 6.92 Å². The highest BCUT2D eigenvalue weighted by Gasteiger charge is 2.37. The summed E-state index contributed by atoms with van der Waals surface area (Å²) in [5.41, 5.74) is 1.82. The lowest BCUT2D eigenvalue weighted by Gasteiger charge is -2.27. The molecule has 0 unspecified atom stereocenters. The van der Waals surface area contributed by atoms with Crippen molar-refractivity contribution >= 4 is 11.8 Å². The molecule has 0 saturated carbocycles. The minimum atomic E-state index is -0.253. The molecule has 0 bridgehead atoms. The normalized spacial score (nSPS) is 21.9. The minimum Gasteiger partial charge on any atom is -0.341 e. The second-order valence-corrected chi connectivity index (χ2v) is 6.05. The Balaban J connectivity index is 1.75. The number of likely N-dealkylation sites (tertiary alicyclic amines) is 2. The van der Waals surface area contributed by atoms with Crippen LogP contribution in [0.2, 0.25) is 0 Å². The second kappa shape index (κ2) is 5.88. The van der Waals surface area contributed by atoms with E-state index >= 15 is 0 Å². The molecule has 112 valence electrons. The first-order valence-corrected chi connectivity index (χ1v) is 7.83. The van der Waals surface area contributed by atoms with Crippen LogP contribution in [-0.2, 0) is 4.79 Å². The first-order chi connectivity index (χ1) is 10.2. The number of carbonyl (C=O) groups excluding carboxylic acids is 2. The number of hydrogen-bond acceptors (Lipinski definition) is 2. The fourth-order valence-corrected chi connectivity index (χ4v) is 3.28. The lowest BCUT2D eigenvalue weighted by atomic mass is 10.1. The summed E-state index contributed by atoms with van der Waals surface area (Å²) in [6.07, 6.45) is 3.89. The Morgan fingerprint density at radius 1 is 1.00 bits per heavy atom. The molecule has 4 nitrogen and oxygen atoms in total. The predicted molar refractivity (Wildman–Crippen MR) is 81.1 cm³/mol. The maximum absolute atomic E-state index is 12.6. The van der Waals surface area contributed by atoms with Crippen molar-refractivity contribution in [3.05, 3.63) is 35.4 Å². The monoisotopic (exact) mass is 286 g/mol. The summed E-state index contributed by atoms with van der Waals surface area (Å²) in [7, 11) is 0. The van der Waals surface area contributed by atoms with Gasteiger partial charge in [-0.1, -0.05) is 17.7 Å². The van der Waals surface area contributed by atoms with Crippen molar-refractivity contribution in [1.29, 1.82) is 0 Å². The summed E-state index contributed by atoms with van der Waals surface area (Å²) in [5, 5.41) is 0. The van der Waals surface area contributed by atoms with Crippen LogP contribution in [0.25, 0.3) is 0 Å². The Bertz CT molecular complexity index is 532. The molecule has 2 aliphatic heterocycles. The zero-order chi connectivity index (χ0) is 14.8. The van der Waals surface area contributed by atoms with E-state index in [-0.39, 0.29) is 17.9 Å². The Kier molecular flexibility index (Phi) is 3.95. The largest absolute Gasteiger partial charge is 0.341 e. The molecular formula is C17H22N2O2. The van der Waals surface area contributed by atoms with E-state index in [9.17, 15) is 9.59 Å². The van der Waals surface area contributed by atoms with Gasteiger partial charge >= 0.3 is 0 Å². The molecule has 2 aliphatic rings. The van der Waals surface area contributed by atoms with Gasteiger partial charge in [-0.2, -0.15) is 0 Å². The molecule has 21 heavy (non-hydrogen) atoms. The first-order valence-electron chi connectivity index (χ1n) is 7.83. The van der Waals surface area contributed by atoms with Crippen molar-refractivity contribution in [2.45, 2.75) is 38.6 Å². The molecule has 0 aromatic heterocycles. The number of carbonyl (C=O) groups is 2. The van der Waals surface area contributed by atoms with E-state index in [2.05, 4.69) is 0 Å². The average Bonchev–Trinajstić information content (AvgIpc) is 3.18. The molecule has 0 radical (unpaired) electrons. The second-order valence-electron chi connectivity index (χ2n) is 6.05. The molecule has 1 aromatic rings. The van der Waals surface area contributed by atoms with Crippen LogP contribution in [0.5, 0.6) is 0 Å². The molecule has 1 atom stereocenters. The fraction of sp³-hybridized carbons (Fsp3) is 0.529. The number of rotatable bonds is 2. The van der Waals surface area contributed by atoms with E-state index in [1.165, 1.54) is 0 Å². The molecule has 4 heteroatoms. The number of nitrogens with zero attached hydrogens (tertiary/aromatic N) is 2. The third kappa shape index (κ3) is 2.80. The molecule has 3 rings (SSSR count). The summed E-state index contributed by atoms with van der Waals surface area (Å²) >= 11 is 0. The van der Waals surface area contributed by atoms with Gasteiger partial charge in [0.15, 0.2) is 0 Å². The van der Waals surface area contributed by atoms with E-state index in [0.29, 0.717) is 12.1 Å². The number of benzene rings is 1. The van der Waals surface area contributed by atoms with Gasteiger partial charge in [0, 0.05) is 25.2 Å². The lowest BCUT2D eigenvalue weighted by Crippen LogP contribution is -2.46. The van der Waals surface area contributed by atoms with Crippen LogP contribution in [0.4, 0.5) is 0 Å². The van der Waals surface area contributed by atoms with Crippen LogP contribution < -0.4 is 0 Å². The SMILES string of the molecule is Cc1ccc(C(=O)N2CCC[C@H]2C(=O)N2CCCC2)cc1. The maximum Gasteiger partial charge on any atom is 0.254 e. The van der Waals surface area contributed by atoms with E-state index in [0.717, 1.165) is 44.3 Å². The van der Waals surface area contributed by atoms with E-state index in [4.69, 9.17) is 0 Å². The Morgan fingerprint density at radius 3 is 2.33 bits per heavy atom. The van der Waals surface area contributed by atoms with Crippen LogP contribution in [0.1, 0.15) is 41.6 Å². The van der Waals surface area contributed by atoms with Gasteiger partial charge in [-0.05, 0) is 44.7 Å². The standard InChI is InChI=1S/C17H22N2O2/c1-13-6-8-14(9-7-13)16(20)19-12-4-5-15(19)17(21)18-10-2-3-11-18/h6-9,15H,2-5,10-12H2,1H3/t15-/m0/s1. The minimum absolute atomic E-state index is 0.00922. The summed E-state index contributed by atoms with van der Waals surface area (Å²) in [6, 6.07) is 7.35. The van der Waals surface area contributed by atoms with Crippen molar-refractivity contribution in [1.82, 2.24) is 9.80 Å². The van der Waals surface area contributed by atoms with Crippen molar-refractivity contribution in [2.24, 2.45) is 0 Å². The van der Waals surface area contributed by atoms with Gasteiger partial charge in [-0.25, -0.2) is 0 Å². The third-order valence-electron chi connectivity index (χ3n) is 4.51. The van der Waals surface area contributed by atoms with Crippen LogP contribution in [-0.4, -0.2) is 47.3 Å². The smallest absolute Gasteiger partial charge is 0.254 e. The zero-order valence-corrected chi connectivity index (χ0v) is 12.5. The summed E-state index contributed by atoms with van der Waals surface area (Å²) in [6.45, 7) is 4.39. The number of hydrogen-bond donors (Lipinski definition) is 0. The fourth-order valence-electron chi connectivity index (χ4n) is 3.28. The molecule has 0 N–H and O–H groups in total. The van der Waals surface area contributed by atoms with Crippen molar-refractivity contribution in [3.63, 3.8) is 0 Å². The molecule has 2 amide bonds.